The van der Waals surface area contributed by atoms with Crippen LogP contribution in [0.3, 0.4) is 0 Å². The molecular formula is C2H5N3O2. The van der Waals surface area contributed by atoms with Gasteiger partial charge in [-0.3, -0.25) is 4.63 Å². The number of rotatable bonds is 0. The van der Waals surface area contributed by atoms with Gasteiger partial charge in [-0.05, 0) is 0 Å². The number of nitrogens with two attached hydrogens (primary N) is 1. The molecule has 40 valence electrons. The minimum atomic E-state index is 0.332. The zero-order chi connectivity index (χ0) is 5.11. The first-order valence-electron chi connectivity index (χ1n) is 1.68. The lowest BCUT2D eigenvalue weighted by atomic mass is 10.8. The van der Waals surface area contributed by atoms with Gasteiger partial charge >= 0.3 is 0 Å². The summed E-state index contributed by atoms with van der Waals surface area (Å²) in [5.74, 6) is 0.332. The molecule has 1 heterocycles. The number of aromatic nitrogens is 2. The van der Waals surface area contributed by atoms with Crippen molar-refractivity contribution in [2.24, 2.45) is 0 Å². The van der Waals surface area contributed by atoms with Crippen LogP contribution in [0.2, 0.25) is 0 Å². The van der Waals surface area contributed by atoms with Crippen molar-refractivity contribution in [2.45, 2.75) is 0 Å². The number of aromatic amines is 2. The number of H-pyrrole nitrogens is 2. The van der Waals surface area contributed by atoms with Crippen molar-refractivity contribution in [3.8, 4) is 0 Å². The molecule has 7 heavy (non-hydrogen) atoms. The SMILES string of the molecule is Nc1co[nH]o[nH]1. The molecule has 0 bridgehead atoms. The summed E-state index contributed by atoms with van der Waals surface area (Å²) in [7, 11) is 0. The summed E-state index contributed by atoms with van der Waals surface area (Å²) in [4.78, 5) is 0. The molecule has 0 amide bonds. The second-order valence-electron chi connectivity index (χ2n) is 0.979. The first kappa shape index (κ1) is 3.91. The van der Waals surface area contributed by atoms with Crippen molar-refractivity contribution < 1.29 is 9.15 Å². The van der Waals surface area contributed by atoms with Crippen LogP contribution in [0.25, 0.3) is 0 Å². The number of hydrogen-bond acceptors (Lipinski definition) is 3. The molecule has 1 aromatic rings. The van der Waals surface area contributed by atoms with Gasteiger partial charge in [0, 0.05) is 0 Å². The van der Waals surface area contributed by atoms with Gasteiger partial charge in [0.05, 0.1) is 0 Å². The van der Waals surface area contributed by atoms with Crippen LogP contribution >= 0.6 is 0 Å². The average molecular weight is 103 g/mol. The molecule has 0 atom stereocenters. The monoisotopic (exact) mass is 103 g/mol. The van der Waals surface area contributed by atoms with E-state index in [4.69, 9.17) is 5.73 Å². The number of anilines is 1. The van der Waals surface area contributed by atoms with E-state index in [1.807, 2.05) is 5.33 Å². The van der Waals surface area contributed by atoms with Crippen LogP contribution in [-0.2, 0) is 0 Å². The maximum atomic E-state index is 5.09. The summed E-state index contributed by atoms with van der Waals surface area (Å²) in [6.45, 7) is 0. The molecule has 0 aliphatic heterocycles. The van der Waals surface area contributed by atoms with Crippen LogP contribution in [0.15, 0.2) is 15.4 Å². The molecule has 0 radical (unpaired) electrons. The van der Waals surface area contributed by atoms with E-state index in [1.54, 1.807) is 0 Å². The first-order valence-corrected chi connectivity index (χ1v) is 1.68. The highest BCUT2D eigenvalue weighted by Crippen LogP contribution is 1.85. The van der Waals surface area contributed by atoms with E-state index in [-0.39, 0.29) is 0 Å². The Kier molecular flexibility index (Phi) is 0.816. The van der Waals surface area contributed by atoms with Crippen molar-refractivity contribution >= 4 is 5.82 Å². The van der Waals surface area contributed by atoms with E-state index in [2.05, 4.69) is 14.3 Å². The van der Waals surface area contributed by atoms with Crippen LogP contribution in [0.1, 0.15) is 0 Å². The Morgan fingerprint density at radius 1 is 1.71 bits per heavy atom. The van der Waals surface area contributed by atoms with Crippen LogP contribution in [0.4, 0.5) is 5.82 Å². The molecule has 4 N–H and O–H groups in total. The Morgan fingerprint density at radius 2 is 2.57 bits per heavy atom. The molecular weight excluding hydrogens is 98.0 g/mol. The fourth-order valence-corrected chi connectivity index (χ4v) is 0.215. The van der Waals surface area contributed by atoms with Gasteiger partial charge in [0.15, 0.2) is 12.1 Å². The van der Waals surface area contributed by atoms with Crippen molar-refractivity contribution in [3.63, 3.8) is 0 Å². The third-order valence-corrected chi connectivity index (χ3v) is 0.445. The molecule has 1 rings (SSSR count). The van der Waals surface area contributed by atoms with E-state index in [0.29, 0.717) is 5.82 Å². The van der Waals surface area contributed by atoms with Gasteiger partial charge in [0.25, 0.3) is 0 Å². The van der Waals surface area contributed by atoms with Gasteiger partial charge in [0.2, 0.25) is 0 Å². The summed E-state index contributed by atoms with van der Waals surface area (Å²) >= 11 is 0. The van der Waals surface area contributed by atoms with E-state index >= 15 is 0 Å². The minimum Gasteiger partial charge on any atom is -0.380 e. The van der Waals surface area contributed by atoms with Gasteiger partial charge < -0.3 is 10.3 Å². The fourth-order valence-electron chi connectivity index (χ4n) is 0.215. The van der Waals surface area contributed by atoms with Crippen LogP contribution in [-0.4, -0.2) is 10.5 Å². The van der Waals surface area contributed by atoms with Gasteiger partial charge in [-0.1, -0.05) is 5.33 Å². The number of nitrogen functional groups attached to an aromatic ring is 1. The lowest BCUT2D eigenvalue weighted by Crippen LogP contribution is -1.87. The molecule has 0 spiro atoms. The molecule has 0 unspecified atom stereocenters. The van der Waals surface area contributed by atoms with Gasteiger partial charge in [-0.25, -0.2) is 0 Å². The second kappa shape index (κ2) is 1.46. The topological polar surface area (TPSA) is 83.9 Å². The average Bonchev–Trinajstić information content (AvgIpc) is 1.69. The number of nitrogens with one attached hydrogen (secondary N) is 2. The molecule has 0 saturated carbocycles. The molecule has 5 nitrogen and oxygen atoms in total. The fraction of sp³-hybridized carbons (Fsp3) is 0. The Hall–Kier alpha value is -1.26. The highest BCUT2D eigenvalue weighted by atomic mass is 16.7. The highest BCUT2D eigenvalue weighted by Gasteiger charge is 1.74. The first-order chi connectivity index (χ1) is 3.39. The van der Waals surface area contributed by atoms with E-state index in [9.17, 15) is 0 Å². The third-order valence-electron chi connectivity index (χ3n) is 0.445. The van der Waals surface area contributed by atoms with Gasteiger partial charge in [-0.15, -0.1) is 0 Å². The van der Waals surface area contributed by atoms with Gasteiger partial charge in [0.1, 0.15) is 0 Å². The Labute approximate surface area is 38.7 Å². The largest absolute Gasteiger partial charge is 0.380 e. The summed E-state index contributed by atoms with van der Waals surface area (Å²) in [5.41, 5.74) is 5.09. The molecule has 1 aromatic heterocycles. The maximum Gasteiger partial charge on any atom is 0.172 e. The molecule has 0 fully saturated rings. The zero-order valence-corrected chi connectivity index (χ0v) is 3.47. The predicted octanol–water partition coefficient (Wildman–Crippen LogP) is 0.235. The third kappa shape index (κ3) is 0.783. The Bertz CT molecular complexity index is 141. The molecule has 5 heteroatoms. The minimum absolute atomic E-state index is 0.332. The smallest absolute Gasteiger partial charge is 0.172 e. The standard InChI is InChI=1S/C2H5N3O2/c3-2-1-6-5-7-4-2/h1,4-5H,3H2. The number of hydrogen-bond donors (Lipinski definition) is 3. The summed E-state index contributed by atoms with van der Waals surface area (Å²) in [6, 6.07) is 0. The van der Waals surface area contributed by atoms with Crippen LogP contribution in [0, 0.1) is 0 Å². The predicted molar refractivity (Wildman–Crippen MR) is 21.7 cm³/mol. The summed E-state index contributed by atoms with van der Waals surface area (Å²) in [6.07, 6.45) is 1.28. The normalized spacial score (nSPS) is 8.57. The highest BCUT2D eigenvalue weighted by molar-refractivity contribution is 5.15. The van der Waals surface area contributed by atoms with Crippen molar-refractivity contribution in [1.82, 2.24) is 10.5 Å². The Balaban J connectivity index is 3.02. The van der Waals surface area contributed by atoms with Crippen molar-refractivity contribution in [2.75, 3.05) is 5.73 Å². The summed E-state index contributed by atoms with van der Waals surface area (Å²) in [5, 5.41) is 4.33. The lowest BCUT2D eigenvalue weighted by molar-refractivity contribution is 0.124. The summed E-state index contributed by atoms with van der Waals surface area (Å²) < 4.78 is 8.63. The van der Waals surface area contributed by atoms with E-state index in [1.165, 1.54) is 6.26 Å². The molecule has 0 saturated heterocycles. The molecule has 0 aliphatic carbocycles. The van der Waals surface area contributed by atoms with Crippen molar-refractivity contribution in [3.05, 3.63) is 6.26 Å². The lowest BCUT2D eigenvalue weighted by Gasteiger charge is -1.85. The second-order valence-corrected chi connectivity index (χ2v) is 0.979. The Morgan fingerprint density at radius 3 is 2.86 bits per heavy atom. The van der Waals surface area contributed by atoms with Crippen LogP contribution < -0.4 is 5.73 Å². The maximum absolute atomic E-state index is 5.09. The zero-order valence-electron chi connectivity index (χ0n) is 3.47. The van der Waals surface area contributed by atoms with Gasteiger partial charge in [-0.2, -0.15) is 5.16 Å². The van der Waals surface area contributed by atoms with Crippen molar-refractivity contribution in [1.29, 1.82) is 0 Å². The molecule has 0 aliphatic rings. The van der Waals surface area contributed by atoms with E-state index < -0.39 is 0 Å². The van der Waals surface area contributed by atoms with E-state index in [0.717, 1.165) is 0 Å². The van der Waals surface area contributed by atoms with Crippen LogP contribution in [0.5, 0.6) is 0 Å². The quantitative estimate of drug-likeness (QED) is 0.439. The molecule has 0 aromatic carbocycles.